The molecule has 0 N–H and O–H groups in total. The van der Waals surface area contributed by atoms with Crippen LogP contribution in [0.15, 0.2) is 0 Å². The van der Waals surface area contributed by atoms with Crippen LogP contribution in [0.25, 0.3) is 0 Å². The Morgan fingerprint density at radius 1 is 1.23 bits per heavy atom. The van der Waals surface area contributed by atoms with Gasteiger partial charge in [-0.05, 0) is 19.3 Å². The number of hydrogen-bond acceptors (Lipinski definition) is 2. The molecule has 2 fully saturated rings. The predicted molar refractivity (Wildman–Crippen MR) is 49.1 cm³/mol. The minimum Gasteiger partial charge on any atom is -0.361 e. The zero-order chi connectivity index (χ0) is 9.10. The van der Waals surface area contributed by atoms with E-state index in [9.17, 15) is 4.79 Å². The van der Waals surface area contributed by atoms with E-state index in [1.807, 2.05) is 4.90 Å². The molecule has 0 bridgehead atoms. The fourth-order valence-corrected chi connectivity index (χ4v) is 2.20. The number of carbonyl (C=O) groups is 1. The van der Waals surface area contributed by atoms with Crippen molar-refractivity contribution in [1.82, 2.24) is 4.90 Å². The first kappa shape index (κ1) is 9.00. The van der Waals surface area contributed by atoms with Crippen LogP contribution in [0.1, 0.15) is 32.1 Å². The van der Waals surface area contributed by atoms with Crippen LogP contribution < -0.4 is 0 Å². The number of rotatable bonds is 1. The molecule has 1 saturated carbocycles. The van der Waals surface area contributed by atoms with Gasteiger partial charge in [0, 0.05) is 12.5 Å². The summed E-state index contributed by atoms with van der Waals surface area (Å²) in [7, 11) is 0. The van der Waals surface area contributed by atoms with Crippen LogP contribution in [-0.2, 0) is 9.53 Å². The highest BCUT2D eigenvalue weighted by Gasteiger charge is 2.27. The molecule has 3 heteroatoms. The number of hydrogen-bond donors (Lipinski definition) is 0. The SMILES string of the molecule is O=C(C1CCCC1)N1CCCOC1. The number of ether oxygens (including phenoxy) is 1. The smallest absolute Gasteiger partial charge is 0.227 e. The first-order chi connectivity index (χ1) is 6.38. The molecule has 0 radical (unpaired) electrons. The first-order valence-electron chi connectivity index (χ1n) is 5.24. The molecule has 0 atom stereocenters. The Morgan fingerprint density at radius 2 is 2.00 bits per heavy atom. The average Bonchev–Trinajstić information content (AvgIpc) is 2.71. The van der Waals surface area contributed by atoms with Crippen molar-refractivity contribution in [3.63, 3.8) is 0 Å². The molecule has 1 saturated heterocycles. The highest BCUT2D eigenvalue weighted by molar-refractivity contribution is 5.79. The van der Waals surface area contributed by atoms with Crippen molar-refractivity contribution < 1.29 is 9.53 Å². The maximum atomic E-state index is 11.8. The van der Waals surface area contributed by atoms with Crippen molar-refractivity contribution in [3.05, 3.63) is 0 Å². The average molecular weight is 183 g/mol. The van der Waals surface area contributed by atoms with Crippen LogP contribution in [0.4, 0.5) is 0 Å². The van der Waals surface area contributed by atoms with Gasteiger partial charge in [-0.25, -0.2) is 0 Å². The summed E-state index contributed by atoms with van der Waals surface area (Å²) in [5, 5.41) is 0. The normalized spacial score (nSPS) is 25.1. The van der Waals surface area contributed by atoms with Gasteiger partial charge in [0.1, 0.15) is 6.73 Å². The maximum absolute atomic E-state index is 11.8. The van der Waals surface area contributed by atoms with Gasteiger partial charge in [-0.2, -0.15) is 0 Å². The molecule has 13 heavy (non-hydrogen) atoms. The lowest BCUT2D eigenvalue weighted by atomic mass is 10.1. The molecular weight excluding hydrogens is 166 g/mol. The van der Waals surface area contributed by atoms with E-state index in [2.05, 4.69) is 0 Å². The van der Waals surface area contributed by atoms with Crippen molar-refractivity contribution in [2.45, 2.75) is 32.1 Å². The fourth-order valence-electron chi connectivity index (χ4n) is 2.20. The minimum absolute atomic E-state index is 0.307. The summed E-state index contributed by atoms with van der Waals surface area (Å²) in [6.45, 7) is 2.24. The lowest BCUT2D eigenvalue weighted by molar-refractivity contribution is -0.144. The molecule has 2 aliphatic rings. The Bertz CT molecular complexity index is 181. The number of nitrogens with zero attached hydrogens (tertiary/aromatic N) is 1. The molecule has 0 unspecified atom stereocenters. The third-order valence-electron chi connectivity index (χ3n) is 2.98. The predicted octanol–water partition coefficient (Wildman–Crippen LogP) is 1.38. The van der Waals surface area contributed by atoms with E-state index in [0.29, 0.717) is 18.6 Å². The topological polar surface area (TPSA) is 29.5 Å². The summed E-state index contributed by atoms with van der Waals surface area (Å²) < 4.78 is 5.27. The zero-order valence-corrected chi connectivity index (χ0v) is 8.00. The van der Waals surface area contributed by atoms with Crippen molar-refractivity contribution in [2.75, 3.05) is 19.9 Å². The summed E-state index contributed by atoms with van der Waals surface area (Å²) in [5.41, 5.74) is 0. The molecule has 1 amide bonds. The van der Waals surface area contributed by atoms with E-state index < -0.39 is 0 Å². The molecule has 0 aromatic rings. The van der Waals surface area contributed by atoms with Gasteiger partial charge >= 0.3 is 0 Å². The summed E-state index contributed by atoms with van der Waals surface area (Å²) in [5.74, 6) is 0.638. The van der Waals surface area contributed by atoms with Crippen molar-refractivity contribution in [3.8, 4) is 0 Å². The van der Waals surface area contributed by atoms with Gasteiger partial charge in [-0.15, -0.1) is 0 Å². The Kier molecular flexibility index (Phi) is 2.83. The Morgan fingerprint density at radius 3 is 2.62 bits per heavy atom. The summed E-state index contributed by atoms with van der Waals surface area (Å²) in [4.78, 5) is 13.7. The summed E-state index contributed by atoms with van der Waals surface area (Å²) >= 11 is 0. The minimum atomic E-state index is 0.307. The molecule has 0 aromatic carbocycles. The highest BCUT2D eigenvalue weighted by Crippen LogP contribution is 2.26. The zero-order valence-electron chi connectivity index (χ0n) is 8.00. The lowest BCUT2D eigenvalue weighted by Crippen LogP contribution is -2.41. The first-order valence-corrected chi connectivity index (χ1v) is 5.24. The van der Waals surface area contributed by atoms with E-state index >= 15 is 0 Å². The van der Waals surface area contributed by atoms with Crippen molar-refractivity contribution in [2.24, 2.45) is 5.92 Å². The number of carbonyl (C=O) groups excluding carboxylic acids is 1. The number of amides is 1. The fraction of sp³-hybridized carbons (Fsp3) is 0.900. The standard InChI is InChI=1S/C10H17NO2/c12-10(9-4-1-2-5-9)11-6-3-7-13-8-11/h9H,1-8H2. The quantitative estimate of drug-likeness (QED) is 0.614. The molecule has 0 spiro atoms. The molecule has 1 heterocycles. The highest BCUT2D eigenvalue weighted by atomic mass is 16.5. The Labute approximate surface area is 79.0 Å². The van der Waals surface area contributed by atoms with E-state index in [1.165, 1.54) is 12.8 Å². The van der Waals surface area contributed by atoms with E-state index in [4.69, 9.17) is 4.74 Å². The van der Waals surface area contributed by atoms with Gasteiger partial charge in [-0.1, -0.05) is 12.8 Å². The molecule has 74 valence electrons. The van der Waals surface area contributed by atoms with Gasteiger partial charge in [0.05, 0.1) is 6.61 Å². The van der Waals surface area contributed by atoms with Crippen molar-refractivity contribution in [1.29, 1.82) is 0 Å². The van der Waals surface area contributed by atoms with Gasteiger partial charge in [-0.3, -0.25) is 4.79 Å². The molecular formula is C10H17NO2. The maximum Gasteiger partial charge on any atom is 0.227 e. The second-order valence-corrected chi connectivity index (χ2v) is 3.97. The van der Waals surface area contributed by atoms with Crippen LogP contribution in [-0.4, -0.2) is 30.7 Å². The van der Waals surface area contributed by atoms with E-state index in [0.717, 1.165) is 32.4 Å². The van der Waals surface area contributed by atoms with Gasteiger partial charge in [0.25, 0.3) is 0 Å². The molecule has 1 aliphatic carbocycles. The van der Waals surface area contributed by atoms with Gasteiger partial charge in [0.15, 0.2) is 0 Å². The monoisotopic (exact) mass is 183 g/mol. The van der Waals surface area contributed by atoms with Gasteiger partial charge in [0.2, 0.25) is 5.91 Å². The molecule has 1 aliphatic heterocycles. The molecule has 0 aromatic heterocycles. The molecule has 3 nitrogen and oxygen atoms in total. The van der Waals surface area contributed by atoms with Gasteiger partial charge < -0.3 is 9.64 Å². The molecule has 2 rings (SSSR count). The van der Waals surface area contributed by atoms with E-state index in [-0.39, 0.29) is 0 Å². The largest absolute Gasteiger partial charge is 0.361 e. The summed E-state index contributed by atoms with van der Waals surface area (Å²) in [6.07, 6.45) is 5.64. The van der Waals surface area contributed by atoms with Crippen molar-refractivity contribution >= 4 is 5.91 Å². The van der Waals surface area contributed by atoms with E-state index in [1.54, 1.807) is 0 Å². The van der Waals surface area contributed by atoms with Crippen LogP contribution in [0.5, 0.6) is 0 Å². The Hall–Kier alpha value is -0.570. The lowest BCUT2D eigenvalue weighted by Gasteiger charge is -2.28. The Balaban J connectivity index is 1.87. The second kappa shape index (κ2) is 4.09. The second-order valence-electron chi connectivity index (χ2n) is 3.97. The third kappa shape index (κ3) is 2.02. The van der Waals surface area contributed by atoms with Crippen LogP contribution >= 0.6 is 0 Å². The summed E-state index contributed by atoms with van der Waals surface area (Å²) in [6, 6.07) is 0. The van der Waals surface area contributed by atoms with Crippen LogP contribution in [0, 0.1) is 5.92 Å². The van der Waals surface area contributed by atoms with Crippen LogP contribution in [0.2, 0.25) is 0 Å². The van der Waals surface area contributed by atoms with Crippen LogP contribution in [0.3, 0.4) is 0 Å². The third-order valence-corrected chi connectivity index (χ3v) is 2.98.